The number of aliphatic hydroxyl groups excluding tert-OH is 2. The molecule has 4 fully saturated rings. The van der Waals surface area contributed by atoms with Gasteiger partial charge in [0.15, 0.2) is 0 Å². The molecule has 0 saturated heterocycles. The van der Waals surface area contributed by atoms with Crippen LogP contribution in [-0.4, -0.2) is 39.3 Å². The molecule has 4 nitrogen and oxygen atoms in total. The predicted octanol–water partition coefficient (Wildman–Crippen LogP) is 3.67. The number of aliphatic hydroxyl groups is 2. The third-order valence-electron chi connectivity index (χ3n) is 8.38. The molecule has 0 bridgehead atoms. The normalized spacial score (nSPS) is 53.3. The number of rotatable bonds is 2. The van der Waals surface area contributed by atoms with Crippen molar-refractivity contribution in [3.63, 3.8) is 0 Å². The van der Waals surface area contributed by atoms with Gasteiger partial charge in [-0.3, -0.25) is 4.79 Å². The number of esters is 1. The SMILES string of the molecule is CCC(=O)O[C@H]1[C@H](Br)CC2C3C(CC[C@@]21C)[C@H]1CC[C@H](O)CC1C[C@@H]3O. The van der Waals surface area contributed by atoms with Crippen molar-refractivity contribution in [2.45, 2.75) is 88.4 Å². The molecule has 4 saturated carbocycles. The van der Waals surface area contributed by atoms with Crippen LogP contribution in [0.2, 0.25) is 0 Å². The van der Waals surface area contributed by atoms with Gasteiger partial charge in [-0.25, -0.2) is 0 Å². The average Bonchev–Trinajstić information content (AvgIpc) is 2.85. The second-order valence-electron chi connectivity index (χ2n) is 9.60. The fourth-order valence-electron chi connectivity index (χ4n) is 7.20. The number of hydrogen-bond donors (Lipinski definition) is 2. The minimum atomic E-state index is -0.281. The number of hydrogen-bond acceptors (Lipinski definition) is 4. The molecule has 10 atom stereocenters. The Hall–Kier alpha value is -0.130. The third kappa shape index (κ3) is 2.97. The van der Waals surface area contributed by atoms with Crippen molar-refractivity contribution < 1.29 is 19.7 Å². The Morgan fingerprint density at radius 3 is 2.65 bits per heavy atom. The van der Waals surface area contributed by atoms with E-state index >= 15 is 0 Å². The first kappa shape index (κ1) is 19.2. The third-order valence-corrected chi connectivity index (χ3v) is 9.23. The lowest BCUT2D eigenvalue weighted by Gasteiger charge is -2.57. The van der Waals surface area contributed by atoms with Gasteiger partial charge in [0.25, 0.3) is 0 Å². The molecule has 0 heterocycles. The van der Waals surface area contributed by atoms with E-state index in [4.69, 9.17) is 4.74 Å². The first-order valence-corrected chi connectivity index (χ1v) is 11.5. The van der Waals surface area contributed by atoms with E-state index in [1.165, 1.54) is 0 Å². The van der Waals surface area contributed by atoms with Gasteiger partial charge in [-0.1, -0.05) is 29.8 Å². The van der Waals surface area contributed by atoms with Gasteiger partial charge in [-0.15, -0.1) is 0 Å². The number of fused-ring (bicyclic) bond motifs is 5. The minimum Gasteiger partial charge on any atom is -0.461 e. The highest BCUT2D eigenvalue weighted by Crippen LogP contribution is 2.63. The molecule has 5 heteroatoms. The molecule has 0 spiro atoms. The van der Waals surface area contributed by atoms with Crippen molar-refractivity contribution in [3.8, 4) is 0 Å². The van der Waals surface area contributed by atoms with Crippen LogP contribution in [0.3, 0.4) is 0 Å². The molecule has 26 heavy (non-hydrogen) atoms. The van der Waals surface area contributed by atoms with Gasteiger partial charge in [-0.2, -0.15) is 0 Å². The fraction of sp³-hybridized carbons (Fsp3) is 0.952. The summed E-state index contributed by atoms with van der Waals surface area (Å²) in [5, 5.41) is 21.1. The minimum absolute atomic E-state index is 0.0395. The summed E-state index contributed by atoms with van der Waals surface area (Å²) in [4.78, 5) is 12.2. The Morgan fingerprint density at radius 1 is 1.15 bits per heavy atom. The molecule has 148 valence electrons. The zero-order chi connectivity index (χ0) is 18.6. The van der Waals surface area contributed by atoms with E-state index in [0.717, 1.165) is 44.9 Å². The summed E-state index contributed by atoms with van der Waals surface area (Å²) < 4.78 is 5.88. The molecule has 4 aliphatic rings. The van der Waals surface area contributed by atoms with Crippen LogP contribution in [0.1, 0.15) is 65.2 Å². The summed E-state index contributed by atoms with van der Waals surface area (Å²) >= 11 is 3.81. The van der Waals surface area contributed by atoms with Crippen LogP contribution in [0, 0.1) is 35.0 Å². The number of carbonyl (C=O) groups excluding carboxylic acids is 1. The molecule has 0 aromatic carbocycles. The number of carbonyl (C=O) groups is 1. The lowest BCUT2D eigenvalue weighted by molar-refractivity contribution is -0.166. The van der Waals surface area contributed by atoms with Gasteiger partial charge in [0, 0.05) is 11.8 Å². The molecule has 0 radical (unpaired) electrons. The van der Waals surface area contributed by atoms with E-state index in [9.17, 15) is 15.0 Å². The molecule has 4 aliphatic carbocycles. The zero-order valence-electron chi connectivity index (χ0n) is 15.9. The topological polar surface area (TPSA) is 66.8 Å². The monoisotopic (exact) mass is 428 g/mol. The lowest BCUT2D eigenvalue weighted by Crippen LogP contribution is -2.55. The number of ether oxygens (including phenoxy) is 1. The fourth-order valence-corrected chi connectivity index (χ4v) is 8.32. The molecule has 0 amide bonds. The molecule has 4 rings (SSSR count). The molecule has 2 N–H and O–H groups in total. The zero-order valence-corrected chi connectivity index (χ0v) is 17.5. The first-order chi connectivity index (χ1) is 12.3. The van der Waals surface area contributed by atoms with Gasteiger partial charge in [0.1, 0.15) is 6.10 Å². The van der Waals surface area contributed by atoms with Crippen molar-refractivity contribution >= 4 is 21.9 Å². The van der Waals surface area contributed by atoms with Crippen LogP contribution < -0.4 is 0 Å². The first-order valence-electron chi connectivity index (χ1n) is 10.5. The standard InChI is InChI=1S/C21H33BrO4/c1-3-18(25)26-20-16(22)10-15-19-14(6-7-21(15,20)2)13-5-4-12(23)8-11(13)9-17(19)24/h11-17,19-20,23-24H,3-10H2,1-2H3/t11?,12-,13-,14?,15?,16+,17-,19?,20-,21-/m0/s1. The summed E-state index contributed by atoms with van der Waals surface area (Å²) in [5.74, 6) is 2.30. The van der Waals surface area contributed by atoms with Crippen molar-refractivity contribution in [1.29, 1.82) is 0 Å². The maximum absolute atomic E-state index is 12.0. The highest BCUT2D eigenvalue weighted by atomic mass is 79.9. The Bertz CT molecular complexity index is 554. The highest BCUT2D eigenvalue weighted by Gasteiger charge is 2.62. The predicted molar refractivity (Wildman–Crippen MR) is 103 cm³/mol. The van der Waals surface area contributed by atoms with E-state index in [-0.39, 0.29) is 34.5 Å². The Morgan fingerprint density at radius 2 is 1.92 bits per heavy atom. The second kappa shape index (κ2) is 7.04. The molecule has 0 aromatic rings. The quantitative estimate of drug-likeness (QED) is 0.519. The van der Waals surface area contributed by atoms with Crippen LogP contribution in [0.15, 0.2) is 0 Å². The van der Waals surface area contributed by atoms with Gasteiger partial charge < -0.3 is 14.9 Å². The van der Waals surface area contributed by atoms with Gasteiger partial charge in [-0.05, 0) is 74.5 Å². The Balaban J connectivity index is 1.58. The largest absolute Gasteiger partial charge is 0.461 e. The van der Waals surface area contributed by atoms with Crippen LogP contribution >= 0.6 is 15.9 Å². The van der Waals surface area contributed by atoms with Crippen molar-refractivity contribution in [2.24, 2.45) is 35.0 Å². The average molecular weight is 429 g/mol. The summed E-state index contributed by atoms with van der Waals surface area (Å²) in [6.07, 6.45) is 6.77. The maximum Gasteiger partial charge on any atom is 0.305 e. The van der Waals surface area contributed by atoms with E-state index in [1.54, 1.807) is 0 Å². The maximum atomic E-state index is 12.0. The smallest absolute Gasteiger partial charge is 0.305 e. The van der Waals surface area contributed by atoms with E-state index < -0.39 is 0 Å². The summed E-state index contributed by atoms with van der Waals surface area (Å²) in [5.41, 5.74) is -0.0395. The van der Waals surface area contributed by atoms with Crippen molar-refractivity contribution in [3.05, 3.63) is 0 Å². The number of halogens is 1. The van der Waals surface area contributed by atoms with E-state index in [2.05, 4.69) is 22.9 Å². The molecule has 0 aromatic heterocycles. The lowest BCUT2D eigenvalue weighted by atomic mass is 9.49. The van der Waals surface area contributed by atoms with E-state index in [1.807, 2.05) is 6.92 Å². The van der Waals surface area contributed by atoms with Crippen LogP contribution in [0.25, 0.3) is 0 Å². The van der Waals surface area contributed by atoms with Gasteiger partial charge >= 0.3 is 5.97 Å². The molecular formula is C21H33BrO4. The molecule has 4 unspecified atom stereocenters. The Labute approximate surface area is 165 Å². The van der Waals surface area contributed by atoms with Crippen LogP contribution in [0.5, 0.6) is 0 Å². The summed E-state index contributed by atoms with van der Waals surface area (Å²) in [7, 11) is 0. The van der Waals surface area contributed by atoms with Gasteiger partial charge in [0.2, 0.25) is 0 Å². The number of alkyl halides is 1. The summed E-state index contributed by atoms with van der Waals surface area (Å²) in [6, 6.07) is 0. The van der Waals surface area contributed by atoms with Gasteiger partial charge in [0.05, 0.1) is 17.0 Å². The van der Waals surface area contributed by atoms with Crippen molar-refractivity contribution in [1.82, 2.24) is 0 Å². The molecular weight excluding hydrogens is 396 g/mol. The van der Waals surface area contributed by atoms with Crippen LogP contribution in [0.4, 0.5) is 0 Å². The molecule has 0 aliphatic heterocycles. The second-order valence-corrected chi connectivity index (χ2v) is 10.8. The van der Waals surface area contributed by atoms with E-state index in [0.29, 0.717) is 36.0 Å². The van der Waals surface area contributed by atoms with Crippen molar-refractivity contribution in [2.75, 3.05) is 0 Å². The highest BCUT2D eigenvalue weighted by molar-refractivity contribution is 9.09. The Kier molecular flexibility index (Phi) is 5.20. The van der Waals surface area contributed by atoms with Crippen LogP contribution in [-0.2, 0) is 9.53 Å². The summed E-state index contributed by atoms with van der Waals surface area (Å²) in [6.45, 7) is 4.13.